The van der Waals surface area contributed by atoms with Gasteiger partial charge in [0.25, 0.3) is 0 Å². The monoisotopic (exact) mass is 314 g/mol. The Bertz CT molecular complexity index is 544. The van der Waals surface area contributed by atoms with Gasteiger partial charge in [0.1, 0.15) is 5.75 Å². The maximum atomic E-state index is 11.5. The maximum Gasteiger partial charge on any atom is 0.307 e. The predicted molar refractivity (Wildman–Crippen MR) is 91.3 cm³/mol. The molecule has 2 rings (SSSR count). The maximum absolute atomic E-state index is 11.5. The highest BCUT2D eigenvalue weighted by Gasteiger charge is 2.16. The Morgan fingerprint density at radius 3 is 2.57 bits per heavy atom. The van der Waals surface area contributed by atoms with Crippen LogP contribution < -0.4 is 4.74 Å². The number of hydrogen-bond acceptors (Lipinski definition) is 3. The number of rotatable bonds is 7. The van der Waals surface area contributed by atoms with Crippen molar-refractivity contribution in [3.8, 4) is 17.6 Å². The average Bonchev–Trinajstić information content (AvgIpc) is 3.08. The highest BCUT2D eigenvalue weighted by atomic mass is 16.5. The lowest BCUT2D eigenvalue weighted by Gasteiger charge is -2.13. The van der Waals surface area contributed by atoms with Gasteiger partial charge in [0.2, 0.25) is 0 Å². The van der Waals surface area contributed by atoms with E-state index < -0.39 is 0 Å². The van der Waals surface area contributed by atoms with Gasteiger partial charge < -0.3 is 9.47 Å². The summed E-state index contributed by atoms with van der Waals surface area (Å²) in [5, 5.41) is 0. The number of esters is 1. The van der Waals surface area contributed by atoms with E-state index in [1.54, 1.807) is 6.92 Å². The van der Waals surface area contributed by atoms with Crippen LogP contribution in [0.4, 0.5) is 0 Å². The molecule has 3 nitrogen and oxygen atoms in total. The first-order valence-corrected chi connectivity index (χ1v) is 8.44. The summed E-state index contributed by atoms with van der Waals surface area (Å²) in [6.45, 7) is 2.56. The van der Waals surface area contributed by atoms with Gasteiger partial charge in [0, 0.05) is 0 Å². The Morgan fingerprint density at radius 2 is 1.96 bits per heavy atom. The van der Waals surface area contributed by atoms with Crippen molar-refractivity contribution in [2.75, 3.05) is 13.7 Å². The van der Waals surface area contributed by atoms with Gasteiger partial charge in [-0.3, -0.25) is 4.79 Å². The molecule has 0 aromatic heterocycles. The van der Waals surface area contributed by atoms with Crippen LogP contribution in [0.5, 0.6) is 5.75 Å². The van der Waals surface area contributed by atoms with Gasteiger partial charge in [-0.05, 0) is 37.0 Å². The first kappa shape index (κ1) is 17.4. The van der Waals surface area contributed by atoms with E-state index in [1.807, 2.05) is 24.3 Å². The third-order valence-electron chi connectivity index (χ3n) is 4.47. The molecule has 0 saturated heterocycles. The van der Waals surface area contributed by atoms with Crippen LogP contribution in [0.25, 0.3) is 0 Å². The first-order chi connectivity index (χ1) is 11.2. The summed E-state index contributed by atoms with van der Waals surface area (Å²) in [6, 6.07) is 7.91. The zero-order chi connectivity index (χ0) is 16.5. The summed E-state index contributed by atoms with van der Waals surface area (Å²) >= 11 is 0. The number of carbonyl (C=O) groups is 1. The molecule has 1 saturated carbocycles. The van der Waals surface area contributed by atoms with E-state index in [0.717, 1.165) is 30.3 Å². The molecule has 0 radical (unpaired) electrons. The molecular weight excluding hydrogens is 288 g/mol. The Morgan fingerprint density at radius 1 is 1.26 bits per heavy atom. The second kappa shape index (κ2) is 9.25. The topological polar surface area (TPSA) is 35.5 Å². The van der Waals surface area contributed by atoms with E-state index in [9.17, 15) is 4.79 Å². The number of methoxy groups -OCH3 is 1. The molecule has 0 bridgehead atoms. The zero-order valence-electron chi connectivity index (χ0n) is 14.1. The Kier molecular flexibility index (Phi) is 7.00. The molecule has 0 spiro atoms. The van der Waals surface area contributed by atoms with Crippen molar-refractivity contribution >= 4 is 5.97 Å². The fourth-order valence-electron chi connectivity index (χ4n) is 3.12. The Balaban J connectivity index is 1.88. The molecule has 124 valence electrons. The van der Waals surface area contributed by atoms with Gasteiger partial charge in [-0.25, -0.2) is 0 Å². The summed E-state index contributed by atoms with van der Waals surface area (Å²) in [5.74, 6) is 7.32. The lowest BCUT2D eigenvalue weighted by atomic mass is 9.96. The quantitative estimate of drug-likeness (QED) is 0.555. The highest BCUT2D eigenvalue weighted by molar-refractivity contribution is 5.71. The number of hydrogen-bond donors (Lipinski definition) is 0. The van der Waals surface area contributed by atoms with Gasteiger partial charge in [-0.1, -0.05) is 43.7 Å². The molecule has 1 aromatic carbocycles. The molecule has 0 amide bonds. The second-order valence-corrected chi connectivity index (χ2v) is 6.08. The number of ether oxygens (including phenoxy) is 2. The average molecular weight is 314 g/mol. The van der Waals surface area contributed by atoms with E-state index >= 15 is 0 Å². The Hall–Kier alpha value is -1.95. The minimum Gasteiger partial charge on any atom is -0.494 e. The van der Waals surface area contributed by atoms with Crippen LogP contribution in [0.1, 0.15) is 56.9 Å². The van der Waals surface area contributed by atoms with E-state index in [1.165, 1.54) is 32.8 Å². The van der Waals surface area contributed by atoms with Crippen LogP contribution in [0.2, 0.25) is 0 Å². The molecule has 1 aliphatic carbocycles. The molecule has 1 aromatic rings. The first-order valence-electron chi connectivity index (χ1n) is 8.44. The fourth-order valence-corrected chi connectivity index (χ4v) is 3.12. The van der Waals surface area contributed by atoms with Crippen molar-refractivity contribution in [3.05, 3.63) is 29.8 Å². The van der Waals surface area contributed by atoms with E-state index in [0.29, 0.717) is 0 Å². The highest BCUT2D eigenvalue weighted by Crippen LogP contribution is 2.28. The Labute approximate surface area is 139 Å². The number of benzene rings is 1. The van der Waals surface area contributed by atoms with Crippen molar-refractivity contribution in [3.63, 3.8) is 0 Å². The molecule has 1 unspecified atom stereocenters. The van der Waals surface area contributed by atoms with Gasteiger partial charge in [0.05, 0.1) is 26.1 Å². The second-order valence-electron chi connectivity index (χ2n) is 6.08. The van der Waals surface area contributed by atoms with E-state index in [4.69, 9.17) is 9.47 Å². The molecule has 0 N–H and O–H groups in total. The van der Waals surface area contributed by atoms with Crippen LogP contribution in [-0.2, 0) is 9.53 Å². The SMILES string of the molecule is CC#CC(CC(=O)OC)c1ccc(OCCC2CCCC2)cc1. The van der Waals surface area contributed by atoms with Crippen LogP contribution in [0.3, 0.4) is 0 Å². The minimum atomic E-state index is -0.241. The summed E-state index contributed by atoms with van der Waals surface area (Å²) in [7, 11) is 1.40. The van der Waals surface area contributed by atoms with E-state index in [2.05, 4.69) is 11.8 Å². The van der Waals surface area contributed by atoms with Crippen molar-refractivity contribution < 1.29 is 14.3 Å². The zero-order valence-corrected chi connectivity index (χ0v) is 14.1. The molecular formula is C20H26O3. The summed E-state index contributed by atoms with van der Waals surface area (Å²) in [5.41, 5.74) is 1.02. The van der Waals surface area contributed by atoms with Gasteiger partial charge in [-0.2, -0.15) is 0 Å². The summed E-state index contributed by atoms with van der Waals surface area (Å²) in [4.78, 5) is 11.5. The van der Waals surface area contributed by atoms with Gasteiger partial charge in [0.15, 0.2) is 0 Å². The van der Waals surface area contributed by atoms with Crippen molar-refractivity contribution in [1.29, 1.82) is 0 Å². The summed E-state index contributed by atoms with van der Waals surface area (Å²) < 4.78 is 10.6. The minimum absolute atomic E-state index is 0.125. The smallest absolute Gasteiger partial charge is 0.307 e. The largest absolute Gasteiger partial charge is 0.494 e. The molecule has 0 aliphatic heterocycles. The lowest BCUT2D eigenvalue weighted by molar-refractivity contribution is -0.140. The molecule has 1 fully saturated rings. The molecule has 3 heteroatoms. The standard InChI is InChI=1S/C20H26O3/c1-3-6-18(15-20(21)22-2)17-9-11-19(12-10-17)23-14-13-16-7-4-5-8-16/h9-12,16,18H,4-5,7-8,13-15H2,1-2H3. The lowest BCUT2D eigenvalue weighted by Crippen LogP contribution is -2.07. The van der Waals surface area contributed by atoms with Crippen LogP contribution >= 0.6 is 0 Å². The molecule has 23 heavy (non-hydrogen) atoms. The van der Waals surface area contributed by atoms with Crippen molar-refractivity contribution in [2.24, 2.45) is 5.92 Å². The van der Waals surface area contributed by atoms with Crippen LogP contribution in [0.15, 0.2) is 24.3 Å². The van der Waals surface area contributed by atoms with Crippen LogP contribution in [-0.4, -0.2) is 19.7 Å². The predicted octanol–water partition coefficient (Wildman–Crippen LogP) is 4.32. The molecule has 1 atom stereocenters. The van der Waals surface area contributed by atoms with Crippen molar-refractivity contribution in [2.45, 2.75) is 51.4 Å². The van der Waals surface area contributed by atoms with Crippen molar-refractivity contribution in [1.82, 2.24) is 0 Å². The van der Waals surface area contributed by atoms with Crippen LogP contribution in [0, 0.1) is 17.8 Å². The summed E-state index contributed by atoms with van der Waals surface area (Å²) in [6.07, 6.45) is 6.88. The third kappa shape index (κ3) is 5.63. The van der Waals surface area contributed by atoms with Gasteiger partial charge in [-0.15, -0.1) is 5.92 Å². The molecule has 1 aliphatic rings. The fraction of sp³-hybridized carbons (Fsp3) is 0.550. The van der Waals surface area contributed by atoms with Gasteiger partial charge >= 0.3 is 5.97 Å². The normalized spacial score (nSPS) is 15.6. The van der Waals surface area contributed by atoms with E-state index in [-0.39, 0.29) is 18.3 Å². The third-order valence-corrected chi connectivity index (χ3v) is 4.47. The number of carbonyl (C=O) groups excluding carboxylic acids is 1. The molecule has 0 heterocycles.